The summed E-state index contributed by atoms with van der Waals surface area (Å²) < 4.78 is 0. The topological polar surface area (TPSA) is 64.3 Å². The van der Waals surface area contributed by atoms with Gasteiger partial charge in [0.15, 0.2) is 0 Å². The first-order valence-corrected chi connectivity index (χ1v) is 5.02. The zero-order valence-corrected chi connectivity index (χ0v) is 7.89. The maximum atomic E-state index is 10.3. The van der Waals surface area contributed by atoms with Crippen LogP contribution in [0.4, 0.5) is 0 Å². The number of nitrogens with one attached hydrogen (secondary N) is 1. The average molecular weight is 190 g/mol. The van der Waals surface area contributed by atoms with E-state index in [1.807, 2.05) is 11.8 Å². The van der Waals surface area contributed by atoms with Crippen LogP contribution in [0.5, 0.6) is 0 Å². The van der Waals surface area contributed by atoms with Gasteiger partial charge in [-0.15, -0.1) is 0 Å². The first-order valence-electron chi connectivity index (χ1n) is 3.97. The lowest BCUT2D eigenvalue weighted by Crippen LogP contribution is -2.36. The summed E-state index contributed by atoms with van der Waals surface area (Å²) in [6.45, 7) is 2.09. The van der Waals surface area contributed by atoms with E-state index >= 15 is 0 Å². The molecule has 3 N–H and O–H groups in total. The third kappa shape index (κ3) is 3.00. The van der Waals surface area contributed by atoms with Crippen molar-refractivity contribution in [1.82, 2.24) is 5.48 Å². The van der Waals surface area contributed by atoms with Gasteiger partial charge in [-0.1, -0.05) is 6.92 Å². The van der Waals surface area contributed by atoms with Gasteiger partial charge < -0.3 is 5.73 Å². The lowest BCUT2D eigenvalue weighted by atomic mass is 10.2. The molecule has 1 saturated heterocycles. The first kappa shape index (κ1) is 9.83. The molecule has 0 aromatic heterocycles. The van der Waals surface area contributed by atoms with Crippen molar-refractivity contribution >= 4 is 17.7 Å². The number of carbonyl (C=O) groups is 1. The van der Waals surface area contributed by atoms with E-state index in [0.717, 1.165) is 12.2 Å². The van der Waals surface area contributed by atoms with Crippen LogP contribution in [0.1, 0.15) is 13.3 Å². The molecule has 0 aromatic rings. The predicted octanol–water partition coefficient (Wildman–Crippen LogP) is -0.113. The van der Waals surface area contributed by atoms with E-state index in [-0.39, 0.29) is 6.61 Å². The molecule has 0 bridgehead atoms. The average Bonchev–Trinajstić information content (AvgIpc) is 2.36. The molecule has 2 atom stereocenters. The van der Waals surface area contributed by atoms with E-state index in [1.54, 1.807) is 0 Å². The third-order valence-electron chi connectivity index (χ3n) is 1.83. The fraction of sp³-hybridized carbons (Fsp3) is 0.857. The summed E-state index contributed by atoms with van der Waals surface area (Å²) in [7, 11) is 0. The van der Waals surface area contributed by atoms with Gasteiger partial charge in [0, 0.05) is 11.3 Å². The molecule has 1 aliphatic heterocycles. The Bertz CT molecular complexity index is 165. The van der Waals surface area contributed by atoms with Gasteiger partial charge in [0.2, 0.25) is 5.91 Å². The van der Waals surface area contributed by atoms with Crippen molar-refractivity contribution in [1.29, 1.82) is 0 Å². The van der Waals surface area contributed by atoms with Gasteiger partial charge in [0.1, 0.15) is 6.61 Å². The number of hydrogen-bond acceptors (Lipinski definition) is 4. The van der Waals surface area contributed by atoms with Gasteiger partial charge in [-0.3, -0.25) is 9.63 Å². The van der Waals surface area contributed by atoms with Crippen LogP contribution >= 0.6 is 11.8 Å². The number of carbonyl (C=O) groups excluding carboxylic acids is 1. The van der Waals surface area contributed by atoms with E-state index in [9.17, 15) is 4.79 Å². The Morgan fingerprint density at radius 2 is 2.58 bits per heavy atom. The SMILES string of the molecule is CC1SCCC1NOCC(N)=O. The van der Waals surface area contributed by atoms with Crippen LogP contribution in [0, 0.1) is 0 Å². The number of amides is 1. The standard InChI is InChI=1S/C7H14N2O2S/c1-5-6(2-3-12-5)9-11-4-7(8)10/h5-6,9H,2-4H2,1H3,(H2,8,10). The van der Waals surface area contributed by atoms with Gasteiger partial charge in [-0.05, 0) is 12.2 Å². The maximum Gasteiger partial charge on any atom is 0.245 e. The number of rotatable bonds is 4. The molecule has 0 aliphatic carbocycles. The number of primary amides is 1. The van der Waals surface area contributed by atoms with E-state index in [1.165, 1.54) is 0 Å². The molecule has 2 unspecified atom stereocenters. The number of thioether (sulfide) groups is 1. The Hall–Kier alpha value is -0.260. The van der Waals surface area contributed by atoms with Gasteiger partial charge in [-0.25, -0.2) is 0 Å². The van der Waals surface area contributed by atoms with Crippen LogP contribution in [-0.4, -0.2) is 29.6 Å². The fourth-order valence-electron chi connectivity index (χ4n) is 1.11. The first-order chi connectivity index (χ1) is 5.70. The highest BCUT2D eigenvalue weighted by molar-refractivity contribution is 8.00. The minimum Gasteiger partial charge on any atom is -0.368 e. The number of hydroxylamine groups is 1. The predicted molar refractivity (Wildman–Crippen MR) is 48.6 cm³/mol. The molecule has 1 rings (SSSR count). The molecular weight excluding hydrogens is 176 g/mol. The molecule has 5 heteroatoms. The van der Waals surface area contributed by atoms with Crippen molar-refractivity contribution in [2.24, 2.45) is 5.73 Å². The molecule has 70 valence electrons. The zero-order chi connectivity index (χ0) is 8.97. The molecule has 1 amide bonds. The van der Waals surface area contributed by atoms with Crippen molar-refractivity contribution in [3.8, 4) is 0 Å². The van der Waals surface area contributed by atoms with E-state index < -0.39 is 5.91 Å². The second-order valence-corrected chi connectivity index (χ2v) is 4.33. The molecule has 0 radical (unpaired) electrons. The van der Waals surface area contributed by atoms with Crippen molar-refractivity contribution in [3.63, 3.8) is 0 Å². The number of hydrogen-bond donors (Lipinski definition) is 2. The van der Waals surface area contributed by atoms with Crippen LogP contribution in [-0.2, 0) is 9.63 Å². The summed E-state index contributed by atoms with van der Waals surface area (Å²) in [5, 5.41) is 0.554. The minimum absolute atomic E-state index is 0.0477. The molecule has 4 nitrogen and oxygen atoms in total. The Morgan fingerprint density at radius 3 is 3.08 bits per heavy atom. The highest BCUT2D eigenvalue weighted by Crippen LogP contribution is 2.25. The molecule has 12 heavy (non-hydrogen) atoms. The summed E-state index contributed by atoms with van der Waals surface area (Å²) in [6.07, 6.45) is 1.09. The third-order valence-corrected chi connectivity index (χ3v) is 3.15. The lowest BCUT2D eigenvalue weighted by molar-refractivity contribution is -0.126. The van der Waals surface area contributed by atoms with Gasteiger partial charge in [-0.2, -0.15) is 17.2 Å². The quantitative estimate of drug-likeness (QED) is 0.607. The molecule has 1 heterocycles. The Balaban J connectivity index is 2.10. The minimum atomic E-state index is -0.444. The van der Waals surface area contributed by atoms with Crippen molar-refractivity contribution in [2.45, 2.75) is 24.6 Å². The van der Waals surface area contributed by atoms with Crippen LogP contribution in [0.25, 0.3) is 0 Å². The monoisotopic (exact) mass is 190 g/mol. The van der Waals surface area contributed by atoms with E-state index in [2.05, 4.69) is 12.4 Å². The fourth-order valence-corrected chi connectivity index (χ4v) is 2.29. The smallest absolute Gasteiger partial charge is 0.245 e. The van der Waals surface area contributed by atoms with Crippen LogP contribution < -0.4 is 11.2 Å². The summed E-state index contributed by atoms with van der Waals surface area (Å²) >= 11 is 1.91. The molecule has 0 aromatic carbocycles. The molecule has 0 saturated carbocycles. The highest BCUT2D eigenvalue weighted by atomic mass is 32.2. The Morgan fingerprint density at radius 1 is 1.83 bits per heavy atom. The Kier molecular flexibility index (Phi) is 3.84. The van der Waals surface area contributed by atoms with Crippen molar-refractivity contribution in [3.05, 3.63) is 0 Å². The molecular formula is C7H14N2O2S. The summed E-state index contributed by atoms with van der Waals surface area (Å²) in [5.41, 5.74) is 7.74. The lowest BCUT2D eigenvalue weighted by Gasteiger charge is -2.14. The largest absolute Gasteiger partial charge is 0.368 e. The van der Waals surface area contributed by atoms with E-state index in [0.29, 0.717) is 11.3 Å². The maximum absolute atomic E-state index is 10.3. The second-order valence-electron chi connectivity index (χ2n) is 2.84. The van der Waals surface area contributed by atoms with E-state index in [4.69, 9.17) is 10.6 Å². The van der Waals surface area contributed by atoms with Gasteiger partial charge in [0.05, 0.1) is 0 Å². The van der Waals surface area contributed by atoms with Crippen molar-refractivity contribution < 1.29 is 9.63 Å². The molecule has 1 aliphatic rings. The summed E-state index contributed by atoms with van der Waals surface area (Å²) in [5.74, 6) is 0.708. The van der Waals surface area contributed by atoms with Crippen molar-refractivity contribution in [2.75, 3.05) is 12.4 Å². The second kappa shape index (κ2) is 4.69. The summed E-state index contributed by atoms with van der Waals surface area (Å²) in [6, 6.07) is 0.356. The van der Waals surface area contributed by atoms with Gasteiger partial charge in [0.25, 0.3) is 0 Å². The molecule has 0 spiro atoms. The van der Waals surface area contributed by atoms with Crippen LogP contribution in [0.15, 0.2) is 0 Å². The summed E-state index contributed by atoms with van der Waals surface area (Å²) in [4.78, 5) is 15.2. The molecule has 1 fully saturated rings. The highest BCUT2D eigenvalue weighted by Gasteiger charge is 2.23. The van der Waals surface area contributed by atoms with Crippen LogP contribution in [0.3, 0.4) is 0 Å². The normalized spacial score (nSPS) is 29.1. The zero-order valence-electron chi connectivity index (χ0n) is 7.08. The Labute approximate surface area is 76.2 Å². The van der Waals surface area contributed by atoms with Gasteiger partial charge >= 0.3 is 0 Å². The number of nitrogens with two attached hydrogens (primary N) is 1. The van der Waals surface area contributed by atoms with Crippen LogP contribution in [0.2, 0.25) is 0 Å².